The Bertz CT molecular complexity index is 988. The first-order valence-electron chi connectivity index (χ1n) is 10.1. The molecule has 0 spiro atoms. The molecule has 0 radical (unpaired) electrons. The zero-order valence-electron chi connectivity index (χ0n) is 16.7. The standard InChI is InChI=1S/C22H26ClN5S/c1-2-25-12-14-26(15-13-25)17-28-22(29)27(16-18-6-4-3-5-7-18)21(24-28)19-8-10-20(23)11-9-19/h3-11H,2,12-17H2,1H3. The highest BCUT2D eigenvalue weighted by atomic mass is 35.5. The lowest BCUT2D eigenvalue weighted by atomic mass is 10.2. The summed E-state index contributed by atoms with van der Waals surface area (Å²) < 4.78 is 4.83. The van der Waals surface area contributed by atoms with E-state index in [1.807, 2.05) is 35.0 Å². The maximum atomic E-state index is 6.09. The molecular formula is C22H26ClN5S. The molecule has 2 aromatic carbocycles. The molecule has 2 heterocycles. The van der Waals surface area contributed by atoms with Gasteiger partial charge in [-0.3, -0.25) is 9.47 Å². The minimum absolute atomic E-state index is 0.696. The van der Waals surface area contributed by atoms with E-state index in [-0.39, 0.29) is 0 Å². The van der Waals surface area contributed by atoms with Gasteiger partial charge in [-0.1, -0.05) is 48.9 Å². The minimum atomic E-state index is 0.696. The predicted molar refractivity (Wildman–Crippen MR) is 121 cm³/mol. The van der Waals surface area contributed by atoms with Crippen molar-refractivity contribution in [2.75, 3.05) is 32.7 Å². The van der Waals surface area contributed by atoms with Crippen molar-refractivity contribution in [3.05, 3.63) is 70.0 Å². The second kappa shape index (κ2) is 9.22. The molecule has 1 fully saturated rings. The van der Waals surface area contributed by atoms with Gasteiger partial charge in [0.2, 0.25) is 0 Å². The third-order valence-corrected chi connectivity index (χ3v) is 6.14. The van der Waals surface area contributed by atoms with Crippen LogP contribution in [-0.4, -0.2) is 56.9 Å². The Kier molecular flexibility index (Phi) is 6.45. The Morgan fingerprint density at radius 3 is 2.24 bits per heavy atom. The van der Waals surface area contributed by atoms with E-state index in [9.17, 15) is 0 Å². The number of benzene rings is 2. The Hall–Kier alpha value is -1.99. The summed E-state index contributed by atoms with van der Waals surface area (Å²) in [6.45, 7) is 9.02. The first-order valence-corrected chi connectivity index (χ1v) is 10.8. The number of piperazine rings is 1. The molecule has 0 atom stereocenters. The highest BCUT2D eigenvalue weighted by molar-refractivity contribution is 7.71. The molecule has 1 aliphatic rings. The molecule has 1 saturated heterocycles. The van der Waals surface area contributed by atoms with E-state index in [1.165, 1.54) is 5.56 Å². The van der Waals surface area contributed by atoms with Crippen molar-refractivity contribution in [3.63, 3.8) is 0 Å². The third-order valence-electron chi connectivity index (χ3n) is 5.45. The van der Waals surface area contributed by atoms with Crippen LogP contribution in [0, 0.1) is 4.77 Å². The van der Waals surface area contributed by atoms with Crippen LogP contribution in [0.3, 0.4) is 0 Å². The Morgan fingerprint density at radius 1 is 0.931 bits per heavy atom. The molecule has 0 unspecified atom stereocenters. The molecule has 4 rings (SSSR count). The second-order valence-corrected chi connectivity index (χ2v) is 8.18. The number of nitrogens with zero attached hydrogens (tertiary/aromatic N) is 5. The summed E-state index contributed by atoms with van der Waals surface area (Å²) in [5.41, 5.74) is 2.22. The van der Waals surface area contributed by atoms with Crippen LogP contribution in [0.2, 0.25) is 5.02 Å². The minimum Gasteiger partial charge on any atom is -0.301 e. The molecular weight excluding hydrogens is 402 g/mol. The number of aromatic nitrogens is 3. The van der Waals surface area contributed by atoms with Crippen molar-refractivity contribution >= 4 is 23.8 Å². The second-order valence-electron chi connectivity index (χ2n) is 7.38. The zero-order valence-corrected chi connectivity index (χ0v) is 18.2. The van der Waals surface area contributed by atoms with Crippen LogP contribution in [0.1, 0.15) is 12.5 Å². The number of rotatable bonds is 6. The average Bonchev–Trinajstić information content (AvgIpc) is 3.05. The third kappa shape index (κ3) is 4.78. The van der Waals surface area contributed by atoms with Gasteiger partial charge in [0.15, 0.2) is 10.6 Å². The van der Waals surface area contributed by atoms with Crippen LogP contribution in [0.25, 0.3) is 11.4 Å². The van der Waals surface area contributed by atoms with Gasteiger partial charge in [-0.15, -0.1) is 0 Å². The van der Waals surface area contributed by atoms with Gasteiger partial charge in [0.05, 0.1) is 13.2 Å². The average molecular weight is 428 g/mol. The summed E-state index contributed by atoms with van der Waals surface area (Å²) >= 11 is 11.9. The zero-order chi connectivity index (χ0) is 20.2. The molecule has 0 aliphatic carbocycles. The highest BCUT2D eigenvalue weighted by Crippen LogP contribution is 2.22. The number of likely N-dealkylation sites (N-methyl/N-ethyl adjacent to an activating group) is 1. The molecule has 7 heteroatoms. The largest absolute Gasteiger partial charge is 0.301 e. The summed E-state index contributed by atoms with van der Waals surface area (Å²) in [5.74, 6) is 0.878. The van der Waals surface area contributed by atoms with Crippen LogP contribution in [0.5, 0.6) is 0 Å². The Morgan fingerprint density at radius 2 is 1.59 bits per heavy atom. The molecule has 0 amide bonds. The summed E-state index contributed by atoms with van der Waals surface area (Å²) in [5, 5.41) is 5.63. The number of halogens is 1. The molecule has 29 heavy (non-hydrogen) atoms. The topological polar surface area (TPSA) is 29.2 Å². The fraction of sp³-hybridized carbons (Fsp3) is 0.364. The van der Waals surface area contributed by atoms with Gasteiger partial charge in [0.1, 0.15) is 0 Å². The molecule has 3 aromatic rings. The van der Waals surface area contributed by atoms with Crippen LogP contribution in [0.15, 0.2) is 54.6 Å². The molecule has 0 bridgehead atoms. The number of hydrogen-bond donors (Lipinski definition) is 0. The van der Waals surface area contributed by atoms with E-state index in [1.54, 1.807) is 0 Å². The van der Waals surface area contributed by atoms with Gasteiger partial charge in [0.25, 0.3) is 0 Å². The predicted octanol–water partition coefficient (Wildman–Crippen LogP) is 4.38. The first-order chi connectivity index (χ1) is 14.1. The highest BCUT2D eigenvalue weighted by Gasteiger charge is 2.19. The first kappa shape index (κ1) is 20.3. The van der Waals surface area contributed by atoms with E-state index >= 15 is 0 Å². The van der Waals surface area contributed by atoms with Gasteiger partial charge in [-0.2, -0.15) is 5.10 Å². The van der Waals surface area contributed by atoms with Crippen LogP contribution < -0.4 is 0 Å². The SMILES string of the molecule is CCN1CCN(Cn2nc(-c3ccc(Cl)cc3)n(Cc3ccccc3)c2=S)CC1. The molecule has 1 aliphatic heterocycles. The molecule has 1 aromatic heterocycles. The van der Waals surface area contributed by atoms with Crippen LogP contribution in [0.4, 0.5) is 0 Å². The van der Waals surface area contributed by atoms with Crippen molar-refractivity contribution in [3.8, 4) is 11.4 Å². The van der Waals surface area contributed by atoms with Gasteiger partial charge >= 0.3 is 0 Å². The fourth-order valence-corrected chi connectivity index (χ4v) is 4.07. The van der Waals surface area contributed by atoms with E-state index in [2.05, 4.69) is 45.6 Å². The maximum absolute atomic E-state index is 6.09. The molecule has 152 valence electrons. The van der Waals surface area contributed by atoms with Gasteiger partial charge in [-0.05, 0) is 48.6 Å². The lowest BCUT2D eigenvalue weighted by Gasteiger charge is -2.33. The maximum Gasteiger partial charge on any atom is 0.199 e. The summed E-state index contributed by atoms with van der Waals surface area (Å²) in [4.78, 5) is 4.90. The van der Waals surface area contributed by atoms with Crippen molar-refractivity contribution in [2.24, 2.45) is 0 Å². The van der Waals surface area contributed by atoms with Crippen molar-refractivity contribution in [2.45, 2.75) is 20.1 Å². The van der Waals surface area contributed by atoms with Crippen molar-refractivity contribution in [1.29, 1.82) is 0 Å². The summed E-state index contributed by atoms with van der Waals surface area (Å²) in [6, 6.07) is 18.2. The van der Waals surface area contributed by atoms with Gasteiger partial charge in [-0.25, -0.2) is 4.68 Å². The monoisotopic (exact) mass is 427 g/mol. The normalized spacial score (nSPS) is 15.7. The Labute approximate surface area is 182 Å². The summed E-state index contributed by atoms with van der Waals surface area (Å²) in [7, 11) is 0. The molecule has 0 N–H and O–H groups in total. The molecule has 5 nitrogen and oxygen atoms in total. The van der Waals surface area contributed by atoms with E-state index in [4.69, 9.17) is 28.9 Å². The van der Waals surface area contributed by atoms with Gasteiger partial charge in [0, 0.05) is 36.8 Å². The van der Waals surface area contributed by atoms with Crippen molar-refractivity contribution in [1.82, 2.24) is 24.1 Å². The van der Waals surface area contributed by atoms with Crippen molar-refractivity contribution < 1.29 is 0 Å². The van der Waals surface area contributed by atoms with E-state index in [0.29, 0.717) is 6.54 Å². The van der Waals surface area contributed by atoms with E-state index < -0.39 is 0 Å². The Balaban J connectivity index is 1.65. The lowest BCUT2D eigenvalue weighted by Crippen LogP contribution is -2.46. The fourth-order valence-electron chi connectivity index (χ4n) is 3.69. The molecule has 0 saturated carbocycles. The van der Waals surface area contributed by atoms with Crippen LogP contribution >= 0.6 is 23.8 Å². The lowest BCUT2D eigenvalue weighted by molar-refractivity contribution is 0.106. The summed E-state index contributed by atoms with van der Waals surface area (Å²) in [6.07, 6.45) is 0. The van der Waals surface area contributed by atoms with Crippen LogP contribution in [-0.2, 0) is 13.2 Å². The quantitative estimate of drug-likeness (QED) is 0.546. The smallest absolute Gasteiger partial charge is 0.199 e. The van der Waals surface area contributed by atoms with E-state index in [0.717, 1.165) is 60.6 Å². The number of hydrogen-bond acceptors (Lipinski definition) is 4. The van der Waals surface area contributed by atoms with Gasteiger partial charge < -0.3 is 4.90 Å².